The van der Waals surface area contributed by atoms with Gasteiger partial charge in [-0.2, -0.15) is 0 Å². The molecule has 1 aromatic rings. The molecule has 21 heavy (non-hydrogen) atoms. The van der Waals surface area contributed by atoms with Crippen LogP contribution in [0.2, 0.25) is 0 Å². The smallest absolute Gasteiger partial charge is 0.120 e. The minimum absolute atomic E-state index is 0.176. The molecular weight excluding hydrogens is 262 g/mol. The number of hydrogen-bond acceptors (Lipinski definition) is 3. The van der Waals surface area contributed by atoms with Crippen LogP contribution in [0.3, 0.4) is 0 Å². The third kappa shape index (κ3) is 3.52. The largest absolute Gasteiger partial charge is 0.491 e. The van der Waals surface area contributed by atoms with Crippen LogP contribution >= 0.6 is 0 Å². The first-order valence-corrected chi connectivity index (χ1v) is 8.00. The molecule has 1 N–H and O–H groups in total. The third-order valence-electron chi connectivity index (χ3n) is 4.44. The Kier molecular flexibility index (Phi) is 4.82. The Labute approximate surface area is 129 Å². The van der Waals surface area contributed by atoms with Crippen LogP contribution in [0.4, 0.5) is 5.69 Å². The van der Waals surface area contributed by atoms with Crippen LogP contribution in [0.5, 0.6) is 5.75 Å². The highest BCUT2D eigenvalue weighted by molar-refractivity contribution is 5.55. The van der Waals surface area contributed by atoms with Crippen molar-refractivity contribution in [3.63, 3.8) is 0 Å². The molecule has 2 rings (SSSR count). The van der Waals surface area contributed by atoms with E-state index >= 15 is 0 Å². The highest BCUT2D eigenvalue weighted by Gasteiger charge is 2.48. The summed E-state index contributed by atoms with van der Waals surface area (Å²) in [5.74, 6) is 0.938. The average molecular weight is 291 g/mol. The van der Waals surface area contributed by atoms with E-state index in [4.69, 9.17) is 9.47 Å². The Morgan fingerprint density at radius 2 is 2.05 bits per heavy atom. The Morgan fingerprint density at radius 3 is 2.57 bits per heavy atom. The molecule has 3 heteroatoms. The molecule has 118 valence electrons. The van der Waals surface area contributed by atoms with E-state index in [1.807, 2.05) is 19.9 Å². The first-order valence-electron chi connectivity index (χ1n) is 8.00. The van der Waals surface area contributed by atoms with Gasteiger partial charge in [0.05, 0.1) is 12.2 Å². The quantitative estimate of drug-likeness (QED) is 0.842. The Morgan fingerprint density at radius 1 is 1.33 bits per heavy atom. The van der Waals surface area contributed by atoms with Crippen molar-refractivity contribution < 1.29 is 9.47 Å². The molecule has 0 amide bonds. The minimum atomic E-state index is 0.176. The Balaban J connectivity index is 2.01. The first-order chi connectivity index (χ1) is 9.84. The van der Waals surface area contributed by atoms with E-state index in [1.165, 1.54) is 11.3 Å². The molecule has 2 atom stereocenters. The molecule has 1 aliphatic rings. The summed E-state index contributed by atoms with van der Waals surface area (Å²) in [6.07, 6.45) is 1.65. The van der Waals surface area contributed by atoms with Gasteiger partial charge in [-0.05, 0) is 57.9 Å². The van der Waals surface area contributed by atoms with E-state index in [9.17, 15) is 0 Å². The van der Waals surface area contributed by atoms with Crippen LogP contribution in [-0.4, -0.2) is 24.9 Å². The van der Waals surface area contributed by atoms with E-state index < -0.39 is 0 Å². The van der Waals surface area contributed by atoms with E-state index in [0.29, 0.717) is 12.1 Å². The number of anilines is 1. The number of hydrogen-bond donors (Lipinski definition) is 1. The lowest BCUT2D eigenvalue weighted by Gasteiger charge is -2.52. The molecule has 2 unspecified atom stereocenters. The van der Waals surface area contributed by atoms with Gasteiger partial charge in [-0.25, -0.2) is 0 Å². The van der Waals surface area contributed by atoms with Crippen molar-refractivity contribution in [1.82, 2.24) is 0 Å². The molecule has 0 aromatic heterocycles. The maximum absolute atomic E-state index is 5.79. The standard InChI is InChI=1S/C18H29NO2/c1-7-20-17-11-16(18(17,5)6)19-15-9-8-14(10-13(15)4)21-12(2)3/h8-10,12,16-17,19H,7,11H2,1-6H3. The van der Waals surface area contributed by atoms with Crippen molar-refractivity contribution in [3.8, 4) is 5.75 Å². The predicted octanol–water partition coefficient (Wildman–Crippen LogP) is 4.40. The third-order valence-corrected chi connectivity index (χ3v) is 4.44. The van der Waals surface area contributed by atoms with Gasteiger partial charge < -0.3 is 14.8 Å². The van der Waals surface area contributed by atoms with Crippen molar-refractivity contribution in [2.45, 2.75) is 66.2 Å². The summed E-state index contributed by atoms with van der Waals surface area (Å²) in [5, 5.41) is 3.67. The second-order valence-electron chi connectivity index (χ2n) is 6.84. The molecule has 0 spiro atoms. The summed E-state index contributed by atoms with van der Waals surface area (Å²) >= 11 is 0. The normalized spacial score (nSPS) is 23.8. The minimum Gasteiger partial charge on any atom is -0.491 e. The molecule has 0 bridgehead atoms. The molecule has 0 radical (unpaired) electrons. The zero-order chi connectivity index (χ0) is 15.6. The monoisotopic (exact) mass is 291 g/mol. The first kappa shape index (κ1) is 16.2. The topological polar surface area (TPSA) is 30.5 Å². The maximum Gasteiger partial charge on any atom is 0.120 e. The molecular formula is C18H29NO2. The molecule has 1 aliphatic carbocycles. The van der Waals surface area contributed by atoms with Gasteiger partial charge >= 0.3 is 0 Å². The highest BCUT2D eigenvalue weighted by atomic mass is 16.5. The lowest BCUT2D eigenvalue weighted by atomic mass is 9.64. The second-order valence-corrected chi connectivity index (χ2v) is 6.84. The zero-order valence-electron chi connectivity index (χ0n) is 14.2. The number of aryl methyl sites for hydroxylation is 1. The number of benzene rings is 1. The van der Waals surface area contributed by atoms with Gasteiger partial charge in [0.2, 0.25) is 0 Å². The molecule has 3 nitrogen and oxygen atoms in total. The van der Waals surface area contributed by atoms with Crippen molar-refractivity contribution in [2.24, 2.45) is 5.41 Å². The van der Waals surface area contributed by atoms with Gasteiger partial charge in [-0.1, -0.05) is 13.8 Å². The summed E-state index contributed by atoms with van der Waals surface area (Å²) < 4.78 is 11.5. The fraction of sp³-hybridized carbons (Fsp3) is 0.667. The van der Waals surface area contributed by atoms with E-state index in [2.05, 4.69) is 45.1 Å². The van der Waals surface area contributed by atoms with Crippen LogP contribution in [0.15, 0.2) is 18.2 Å². The van der Waals surface area contributed by atoms with Gasteiger partial charge in [-0.15, -0.1) is 0 Å². The van der Waals surface area contributed by atoms with Crippen molar-refractivity contribution in [1.29, 1.82) is 0 Å². The summed E-state index contributed by atoms with van der Waals surface area (Å²) in [5.41, 5.74) is 2.60. The van der Waals surface area contributed by atoms with Crippen LogP contribution < -0.4 is 10.1 Å². The predicted molar refractivity (Wildman–Crippen MR) is 88.2 cm³/mol. The summed E-state index contributed by atoms with van der Waals surface area (Å²) in [6.45, 7) is 13.6. The zero-order valence-corrected chi connectivity index (χ0v) is 14.2. The summed E-state index contributed by atoms with van der Waals surface area (Å²) in [4.78, 5) is 0. The molecule has 1 fully saturated rings. The van der Waals surface area contributed by atoms with Crippen molar-refractivity contribution in [3.05, 3.63) is 23.8 Å². The molecule has 1 saturated carbocycles. The fourth-order valence-corrected chi connectivity index (χ4v) is 2.95. The van der Waals surface area contributed by atoms with Crippen molar-refractivity contribution in [2.75, 3.05) is 11.9 Å². The summed E-state index contributed by atoms with van der Waals surface area (Å²) in [7, 11) is 0. The van der Waals surface area contributed by atoms with Gasteiger partial charge in [0, 0.05) is 23.8 Å². The number of nitrogens with one attached hydrogen (secondary N) is 1. The highest BCUT2D eigenvalue weighted by Crippen LogP contribution is 2.44. The van der Waals surface area contributed by atoms with E-state index in [-0.39, 0.29) is 11.5 Å². The van der Waals surface area contributed by atoms with Crippen molar-refractivity contribution >= 4 is 5.69 Å². The van der Waals surface area contributed by atoms with Gasteiger partial charge in [0.25, 0.3) is 0 Å². The average Bonchev–Trinajstić information content (AvgIpc) is 2.39. The van der Waals surface area contributed by atoms with Crippen LogP contribution in [0.25, 0.3) is 0 Å². The number of ether oxygens (including phenoxy) is 2. The Hall–Kier alpha value is -1.22. The molecule has 0 saturated heterocycles. The van der Waals surface area contributed by atoms with Gasteiger partial charge in [0.15, 0.2) is 0 Å². The second kappa shape index (κ2) is 6.27. The maximum atomic E-state index is 5.79. The molecule has 0 aliphatic heterocycles. The molecule has 1 aromatic carbocycles. The fourth-order valence-electron chi connectivity index (χ4n) is 2.95. The lowest BCUT2D eigenvalue weighted by molar-refractivity contribution is -0.0976. The molecule has 0 heterocycles. The number of rotatable bonds is 6. The van der Waals surface area contributed by atoms with Gasteiger partial charge in [0.1, 0.15) is 5.75 Å². The Bertz CT molecular complexity index is 482. The SMILES string of the molecule is CCOC1CC(Nc2ccc(OC(C)C)cc2C)C1(C)C. The summed E-state index contributed by atoms with van der Waals surface area (Å²) in [6, 6.07) is 6.73. The van der Waals surface area contributed by atoms with E-state index in [0.717, 1.165) is 18.8 Å². The van der Waals surface area contributed by atoms with Crippen LogP contribution in [-0.2, 0) is 4.74 Å². The van der Waals surface area contributed by atoms with Gasteiger partial charge in [-0.3, -0.25) is 0 Å². The van der Waals surface area contributed by atoms with Crippen LogP contribution in [0, 0.1) is 12.3 Å². The lowest BCUT2D eigenvalue weighted by Crippen LogP contribution is -2.58. The van der Waals surface area contributed by atoms with E-state index in [1.54, 1.807) is 0 Å². The van der Waals surface area contributed by atoms with Crippen LogP contribution in [0.1, 0.15) is 46.6 Å².